The van der Waals surface area contributed by atoms with E-state index in [9.17, 15) is 9.18 Å². The molecule has 2 aromatic rings. The van der Waals surface area contributed by atoms with Crippen LogP contribution in [0.4, 0.5) is 4.39 Å². The van der Waals surface area contributed by atoms with E-state index in [1.165, 1.54) is 19.4 Å². The van der Waals surface area contributed by atoms with Gasteiger partial charge in [-0.3, -0.25) is 24.6 Å². The lowest BCUT2D eigenvalue weighted by Gasteiger charge is -2.18. The van der Waals surface area contributed by atoms with Crippen LogP contribution in [0.1, 0.15) is 46.9 Å². The zero-order valence-electron chi connectivity index (χ0n) is 18.7. The summed E-state index contributed by atoms with van der Waals surface area (Å²) in [6, 6.07) is 6.82. The number of halogens is 1. The maximum atomic E-state index is 13.3. The molecule has 2 heterocycles. The van der Waals surface area contributed by atoms with Crippen LogP contribution in [0.5, 0.6) is 0 Å². The average Bonchev–Trinajstić information content (AvgIpc) is 3.05. The summed E-state index contributed by atoms with van der Waals surface area (Å²) in [6.45, 7) is 13.5. The van der Waals surface area contributed by atoms with E-state index in [0.29, 0.717) is 5.70 Å². The summed E-state index contributed by atoms with van der Waals surface area (Å²) in [5.74, 6) is -1.05. The molecular formula is C24H28FN5O2. The van der Waals surface area contributed by atoms with E-state index >= 15 is 0 Å². The third kappa shape index (κ3) is 5.67. The Morgan fingerprint density at radius 3 is 2.62 bits per heavy atom. The van der Waals surface area contributed by atoms with Crippen molar-refractivity contribution < 1.29 is 14.0 Å². The maximum absolute atomic E-state index is 13.3. The van der Waals surface area contributed by atoms with Crippen molar-refractivity contribution in [2.75, 3.05) is 7.05 Å². The first-order valence-corrected chi connectivity index (χ1v) is 9.89. The molecule has 1 unspecified atom stereocenters. The molecule has 168 valence electrons. The second-order valence-corrected chi connectivity index (χ2v) is 7.47. The Bertz CT molecular complexity index is 1080. The monoisotopic (exact) mass is 437 g/mol. The van der Waals surface area contributed by atoms with E-state index < -0.39 is 17.2 Å². The van der Waals surface area contributed by atoms with Crippen molar-refractivity contribution in [3.8, 4) is 0 Å². The third-order valence-corrected chi connectivity index (χ3v) is 4.95. The summed E-state index contributed by atoms with van der Waals surface area (Å²) in [7, 11) is 1.50. The fourth-order valence-electron chi connectivity index (χ4n) is 3.06. The standard InChI is InChI=1S/C23H23FN4O2.CH5N/c1-14-6-7-16(22-15(2)23(3,4)30-28-22)9-19(14)20(12-25-5)27-13-21(29)17-8-18(24)11-26-10-17;1-2/h6-13,22,28H,2,5H2,1,3-4H3;2H2,1H3/b20-12-,27-13?;. The summed E-state index contributed by atoms with van der Waals surface area (Å²) in [5.41, 5.74) is 11.2. The van der Waals surface area contributed by atoms with Crippen molar-refractivity contribution in [2.24, 2.45) is 15.7 Å². The van der Waals surface area contributed by atoms with Gasteiger partial charge in [-0.1, -0.05) is 18.7 Å². The van der Waals surface area contributed by atoms with Crippen LogP contribution in [0.15, 0.2) is 65.0 Å². The minimum atomic E-state index is -0.587. The Labute approximate surface area is 187 Å². The molecule has 0 aliphatic carbocycles. The number of Topliss-reactive ketones (excluding diaryl/α,β-unsaturated/α-hetero) is 1. The number of pyridine rings is 1. The Kier molecular flexibility index (Phi) is 8.42. The SMILES string of the molecule is C=N/C=C(\N=CC(=O)c1cncc(F)c1)c1cc(C2NOC(C)(C)C2=C)ccc1C.CN. The fraction of sp³-hybridized carbons (Fsp3) is 0.250. The normalized spacial score (nSPS) is 17.8. The number of carbonyl (C=O) groups is 1. The van der Waals surface area contributed by atoms with Gasteiger partial charge in [-0.25, -0.2) is 4.39 Å². The number of ketones is 1. The molecule has 0 spiro atoms. The molecule has 7 nitrogen and oxygen atoms in total. The molecule has 1 aliphatic rings. The van der Waals surface area contributed by atoms with Gasteiger partial charge in [0.1, 0.15) is 11.4 Å². The minimum absolute atomic E-state index is 0.112. The first-order valence-electron chi connectivity index (χ1n) is 9.89. The molecule has 1 aromatic heterocycles. The highest BCUT2D eigenvalue weighted by molar-refractivity contribution is 6.35. The summed E-state index contributed by atoms with van der Waals surface area (Å²) in [4.78, 5) is 29.8. The van der Waals surface area contributed by atoms with Crippen molar-refractivity contribution in [3.63, 3.8) is 0 Å². The number of aromatic nitrogens is 1. The third-order valence-electron chi connectivity index (χ3n) is 4.95. The van der Waals surface area contributed by atoms with Gasteiger partial charge in [-0.05, 0) is 63.4 Å². The largest absolute Gasteiger partial charge is 0.333 e. The molecule has 0 radical (unpaired) electrons. The number of hydrogen-bond donors (Lipinski definition) is 2. The van der Waals surface area contributed by atoms with Crippen molar-refractivity contribution in [3.05, 3.63) is 83.1 Å². The molecule has 0 bridgehead atoms. The van der Waals surface area contributed by atoms with E-state index in [1.54, 1.807) is 0 Å². The minimum Gasteiger partial charge on any atom is -0.333 e. The van der Waals surface area contributed by atoms with Gasteiger partial charge in [0.2, 0.25) is 5.78 Å². The van der Waals surface area contributed by atoms with Crippen LogP contribution < -0.4 is 11.2 Å². The van der Waals surface area contributed by atoms with Crippen molar-refractivity contribution >= 4 is 24.4 Å². The predicted molar refractivity (Wildman–Crippen MR) is 126 cm³/mol. The molecule has 0 saturated carbocycles. The zero-order valence-corrected chi connectivity index (χ0v) is 18.7. The van der Waals surface area contributed by atoms with Crippen LogP contribution in [0.2, 0.25) is 0 Å². The summed E-state index contributed by atoms with van der Waals surface area (Å²) in [6.07, 6.45) is 4.92. The number of aliphatic imine (C=N–C) groups is 2. The molecule has 1 saturated heterocycles. The van der Waals surface area contributed by atoms with Crippen LogP contribution >= 0.6 is 0 Å². The molecule has 3 N–H and O–H groups in total. The summed E-state index contributed by atoms with van der Waals surface area (Å²) >= 11 is 0. The molecule has 1 aromatic carbocycles. The van der Waals surface area contributed by atoms with Gasteiger partial charge in [0.15, 0.2) is 0 Å². The summed E-state index contributed by atoms with van der Waals surface area (Å²) < 4.78 is 13.3. The molecular weight excluding hydrogens is 409 g/mol. The Morgan fingerprint density at radius 1 is 1.31 bits per heavy atom. The molecule has 32 heavy (non-hydrogen) atoms. The predicted octanol–water partition coefficient (Wildman–Crippen LogP) is 3.97. The Balaban J connectivity index is 0.00000176. The van der Waals surface area contributed by atoms with Gasteiger partial charge in [0, 0.05) is 17.3 Å². The molecule has 1 aliphatic heterocycles. The quantitative estimate of drug-likeness (QED) is 0.405. The van der Waals surface area contributed by atoms with Crippen LogP contribution in [-0.2, 0) is 4.84 Å². The van der Waals surface area contributed by atoms with E-state index in [-0.39, 0.29) is 11.6 Å². The lowest BCUT2D eigenvalue weighted by molar-refractivity contribution is -0.0218. The van der Waals surface area contributed by atoms with Crippen molar-refractivity contribution in [1.29, 1.82) is 0 Å². The van der Waals surface area contributed by atoms with Gasteiger partial charge in [-0.15, -0.1) is 0 Å². The maximum Gasteiger partial charge on any atom is 0.205 e. The Hall–Kier alpha value is -3.33. The molecule has 8 heteroatoms. The first-order chi connectivity index (χ1) is 15.2. The number of nitrogens with two attached hydrogens (primary N) is 1. The number of carbonyl (C=O) groups excluding carboxylic acids is 1. The highest BCUT2D eigenvalue weighted by Gasteiger charge is 2.37. The lowest BCUT2D eigenvalue weighted by Crippen LogP contribution is -2.20. The van der Waals surface area contributed by atoms with Gasteiger partial charge < -0.3 is 5.73 Å². The van der Waals surface area contributed by atoms with Crippen molar-refractivity contribution in [1.82, 2.24) is 10.5 Å². The Morgan fingerprint density at radius 2 is 2.03 bits per heavy atom. The topological polar surface area (TPSA) is 102 Å². The molecule has 0 amide bonds. The average molecular weight is 438 g/mol. The molecule has 3 rings (SSSR count). The zero-order chi connectivity index (χ0) is 23.9. The van der Waals surface area contributed by atoms with Gasteiger partial charge in [0.05, 0.1) is 30.4 Å². The highest BCUT2D eigenvalue weighted by Crippen LogP contribution is 2.38. The van der Waals surface area contributed by atoms with Gasteiger partial charge in [-0.2, -0.15) is 5.48 Å². The number of benzene rings is 1. The second kappa shape index (κ2) is 10.8. The lowest BCUT2D eigenvalue weighted by atomic mass is 9.89. The van der Waals surface area contributed by atoms with Gasteiger partial charge in [0.25, 0.3) is 0 Å². The number of aryl methyl sites for hydroxylation is 1. The van der Waals surface area contributed by atoms with E-state index in [4.69, 9.17) is 4.84 Å². The second-order valence-electron chi connectivity index (χ2n) is 7.47. The fourth-order valence-corrected chi connectivity index (χ4v) is 3.06. The van der Waals surface area contributed by atoms with Crippen molar-refractivity contribution in [2.45, 2.75) is 32.4 Å². The smallest absolute Gasteiger partial charge is 0.205 e. The first kappa shape index (κ1) is 24.9. The van der Waals surface area contributed by atoms with Crippen LogP contribution in [0.3, 0.4) is 0 Å². The summed E-state index contributed by atoms with van der Waals surface area (Å²) in [5, 5.41) is 0. The molecule has 1 atom stereocenters. The van der Waals surface area contributed by atoms with Gasteiger partial charge >= 0.3 is 0 Å². The highest BCUT2D eigenvalue weighted by atomic mass is 19.1. The van der Waals surface area contributed by atoms with Crippen LogP contribution in [0, 0.1) is 12.7 Å². The number of hydrogen-bond acceptors (Lipinski definition) is 7. The van der Waals surface area contributed by atoms with E-state index in [1.807, 2.05) is 39.0 Å². The van der Waals surface area contributed by atoms with E-state index in [2.05, 4.69) is 39.5 Å². The number of hydroxylamine groups is 1. The number of nitrogens with zero attached hydrogens (tertiary/aromatic N) is 3. The van der Waals surface area contributed by atoms with Crippen LogP contribution in [0.25, 0.3) is 5.70 Å². The van der Waals surface area contributed by atoms with E-state index in [0.717, 1.165) is 40.7 Å². The number of nitrogens with one attached hydrogen (secondary N) is 1. The molecule has 1 fully saturated rings. The van der Waals surface area contributed by atoms with Crippen LogP contribution in [-0.4, -0.2) is 36.3 Å². The number of rotatable bonds is 6.